The second kappa shape index (κ2) is 4.28. The number of halogens is 1. The summed E-state index contributed by atoms with van der Waals surface area (Å²) < 4.78 is 0.892. The highest BCUT2D eigenvalue weighted by atomic mass is 79.9. The molecule has 1 fully saturated rings. The van der Waals surface area contributed by atoms with Gasteiger partial charge in [-0.25, -0.2) is 0 Å². The number of nitrogens with two attached hydrogens (primary N) is 1. The van der Waals surface area contributed by atoms with Crippen LogP contribution in [0.1, 0.15) is 6.42 Å². The number of carbonyl (C=O) groups excluding carboxylic acids is 1. The van der Waals surface area contributed by atoms with E-state index in [-0.39, 0.29) is 11.8 Å². The average Bonchev–Trinajstić information content (AvgIpc) is 2.60. The maximum absolute atomic E-state index is 11.7. The van der Waals surface area contributed by atoms with Crippen molar-refractivity contribution < 1.29 is 4.79 Å². The molecular weight excluding hydrogens is 258 g/mol. The summed E-state index contributed by atoms with van der Waals surface area (Å²) in [4.78, 5) is 17.5. The van der Waals surface area contributed by atoms with E-state index in [2.05, 4.69) is 20.9 Å². The Morgan fingerprint density at radius 1 is 1.67 bits per heavy atom. The maximum atomic E-state index is 11.7. The Balaban J connectivity index is 2.25. The predicted molar refractivity (Wildman–Crippen MR) is 61.5 cm³/mol. The number of amides is 1. The zero-order chi connectivity index (χ0) is 10.8. The Kier molecular flexibility index (Phi) is 3.02. The Bertz CT molecular complexity index is 383. The number of hydrogen-bond acceptors (Lipinski definition) is 3. The van der Waals surface area contributed by atoms with Crippen molar-refractivity contribution in [2.45, 2.75) is 6.42 Å². The molecule has 0 bridgehead atoms. The molecule has 5 heteroatoms. The van der Waals surface area contributed by atoms with E-state index >= 15 is 0 Å². The monoisotopic (exact) mass is 269 g/mol. The normalized spacial score (nSPS) is 21.1. The molecule has 0 aliphatic carbocycles. The zero-order valence-electron chi connectivity index (χ0n) is 8.19. The minimum absolute atomic E-state index is 0.124. The highest BCUT2D eigenvalue weighted by Gasteiger charge is 2.30. The molecule has 2 heterocycles. The summed E-state index contributed by atoms with van der Waals surface area (Å²) in [6.45, 7) is 1.25. The van der Waals surface area contributed by atoms with E-state index in [0.29, 0.717) is 19.5 Å². The lowest BCUT2D eigenvalue weighted by atomic mass is 10.1. The van der Waals surface area contributed by atoms with Crippen LogP contribution >= 0.6 is 15.9 Å². The van der Waals surface area contributed by atoms with E-state index in [0.717, 1.165) is 10.2 Å². The van der Waals surface area contributed by atoms with Gasteiger partial charge < -0.3 is 10.6 Å². The summed E-state index contributed by atoms with van der Waals surface area (Å²) >= 11 is 3.41. The van der Waals surface area contributed by atoms with Crippen molar-refractivity contribution in [2.24, 2.45) is 11.7 Å². The highest BCUT2D eigenvalue weighted by Crippen LogP contribution is 2.29. The van der Waals surface area contributed by atoms with Gasteiger partial charge in [0.1, 0.15) is 0 Å². The second-order valence-corrected chi connectivity index (χ2v) is 4.49. The Morgan fingerprint density at radius 2 is 2.47 bits per heavy atom. The van der Waals surface area contributed by atoms with Crippen LogP contribution in [0.15, 0.2) is 22.9 Å². The first-order valence-electron chi connectivity index (χ1n) is 4.82. The lowest BCUT2D eigenvalue weighted by Gasteiger charge is -2.17. The third-order valence-electron chi connectivity index (χ3n) is 2.58. The van der Waals surface area contributed by atoms with Gasteiger partial charge in [0.25, 0.3) is 0 Å². The van der Waals surface area contributed by atoms with Crippen molar-refractivity contribution >= 4 is 27.5 Å². The Morgan fingerprint density at radius 3 is 3.07 bits per heavy atom. The number of carbonyl (C=O) groups is 1. The molecule has 80 valence electrons. The largest absolute Gasteiger partial charge is 0.330 e. The fourth-order valence-electron chi connectivity index (χ4n) is 1.74. The smallest absolute Gasteiger partial charge is 0.227 e. The fraction of sp³-hybridized carbons (Fsp3) is 0.400. The van der Waals surface area contributed by atoms with Crippen LogP contribution in [-0.2, 0) is 4.79 Å². The molecule has 1 atom stereocenters. The van der Waals surface area contributed by atoms with E-state index in [9.17, 15) is 4.79 Å². The molecule has 1 aromatic heterocycles. The molecule has 1 unspecified atom stereocenters. The van der Waals surface area contributed by atoms with E-state index in [1.165, 1.54) is 0 Å². The molecule has 0 aromatic carbocycles. The van der Waals surface area contributed by atoms with Crippen LogP contribution in [0.2, 0.25) is 0 Å². The van der Waals surface area contributed by atoms with E-state index < -0.39 is 0 Å². The number of nitrogens with zero attached hydrogens (tertiary/aromatic N) is 2. The minimum Gasteiger partial charge on any atom is -0.330 e. The van der Waals surface area contributed by atoms with Gasteiger partial charge in [0.2, 0.25) is 5.91 Å². The van der Waals surface area contributed by atoms with E-state index in [4.69, 9.17) is 5.73 Å². The minimum atomic E-state index is 0.124. The van der Waals surface area contributed by atoms with Crippen molar-refractivity contribution in [1.82, 2.24) is 4.98 Å². The number of hydrogen-bond donors (Lipinski definition) is 1. The molecule has 15 heavy (non-hydrogen) atoms. The van der Waals surface area contributed by atoms with Crippen LogP contribution in [0.25, 0.3) is 0 Å². The predicted octanol–water partition coefficient (Wildman–Crippen LogP) is 1.16. The fourth-order valence-corrected chi connectivity index (χ4v) is 2.17. The first-order valence-corrected chi connectivity index (χ1v) is 5.61. The van der Waals surface area contributed by atoms with Crippen molar-refractivity contribution in [3.05, 3.63) is 22.9 Å². The number of rotatable bonds is 2. The van der Waals surface area contributed by atoms with Gasteiger partial charge in [-0.3, -0.25) is 9.78 Å². The first kappa shape index (κ1) is 10.6. The van der Waals surface area contributed by atoms with Gasteiger partial charge >= 0.3 is 0 Å². The van der Waals surface area contributed by atoms with Crippen LogP contribution in [0.5, 0.6) is 0 Å². The molecule has 0 saturated carbocycles. The molecule has 0 spiro atoms. The summed E-state index contributed by atoms with van der Waals surface area (Å²) in [5.41, 5.74) is 6.40. The molecule has 0 radical (unpaired) electrons. The van der Waals surface area contributed by atoms with E-state index in [1.807, 2.05) is 6.07 Å². The molecule has 1 saturated heterocycles. The Hall–Kier alpha value is -0.940. The molecule has 1 amide bonds. The van der Waals surface area contributed by atoms with Crippen LogP contribution in [0.3, 0.4) is 0 Å². The van der Waals surface area contributed by atoms with Crippen LogP contribution in [0, 0.1) is 5.92 Å². The molecule has 4 nitrogen and oxygen atoms in total. The van der Waals surface area contributed by atoms with Gasteiger partial charge in [0.05, 0.1) is 11.9 Å². The quantitative estimate of drug-likeness (QED) is 0.877. The van der Waals surface area contributed by atoms with E-state index in [1.54, 1.807) is 17.3 Å². The lowest BCUT2D eigenvalue weighted by Crippen LogP contribution is -2.26. The van der Waals surface area contributed by atoms with Gasteiger partial charge in [-0.05, 0) is 34.5 Å². The third-order valence-corrected chi connectivity index (χ3v) is 3.25. The van der Waals surface area contributed by atoms with Gasteiger partial charge in [0.15, 0.2) is 0 Å². The number of aromatic nitrogens is 1. The summed E-state index contributed by atoms with van der Waals surface area (Å²) in [6, 6.07) is 1.83. The van der Waals surface area contributed by atoms with Gasteiger partial charge in [-0.2, -0.15) is 0 Å². The number of anilines is 1. The average molecular weight is 270 g/mol. The standard InChI is InChI=1S/C10H12BrN3O/c11-8-1-2-13-5-9(8)14-6-7(4-12)3-10(14)15/h1-2,5,7H,3-4,6,12H2. The summed E-state index contributed by atoms with van der Waals surface area (Å²) in [5.74, 6) is 0.392. The SMILES string of the molecule is NCC1CC(=O)N(c2cnccc2Br)C1. The zero-order valence-corrected chi connectivity index (χ0v) is 9.77. The third kappa shape index (κ3) is 2.03. The molecule has 1 aliphatic rings. The molecule has 1 aromatic rings. The van der Waals surface area contributed by atoms with Gasteiger partial charge in [-0.1, -0.05) is 0 Å². The lowest BCUT2D eigenvalue weighted by molar-refractivity contribution is -0.117. The van der Waals surface area contributed by atoms with Crippen molar-refractivity contribution in [3.63, 3.8) is 0 Å². The number of pyridine rings is 1. The maximum Gasteiger partial charge on any atom is 0.227 e. The summed E-state index contributed by atoms with van der Waals surface area (Å²) in [6.07, 6.45) is 3.92. The van der Waals surface area contributed by atoms with Crippen molar-refractivity contribution in [2.75, 3.05) is 18.0 Å². The second-order valence-electron chi connectivity index (χ2n) is 3.64. The molecule has 2 N–H and O–H groups in total. The first-order chi connectivity index (χ1) is 7.22. The Labute approximate surface area is 96.6 Å². The molecule has 1 aliphatic heterocycles. The topological polar surface area (TPSA) is 59.2 Å². The van der Waals surface area contributed by atoms with Crippen molar-refractivity contribution in [3.8, 4) is 0 Å². The van der Waals surface area contributed by atoms with Gasteiger partial charge in [0, 0.05) is 23.6 Å². The summed E-state index contributed by atoms with van der Waals surface area (Å²) in [5, 5.41) is 0. The molecular formula is C10H12BrN3O. The van der Waals surface area contributed by atoms with Crippen LogP contribution in [-0.4, -0.2) is 24.0 Å². The van der Waals surface area contributed by atoms with Crippen LogP contribution < -0.4 is 10.6 Å². The van der Waals surface area contributed by atoms with Crippen LogP contribution in [0.4, 0.5) is 5.69 Å². The summed E-state index contributed by atoms with van der Waals surface area (Å²) in [7, 11) is 0. The highest BCUT2D eigenvalue weighted by molar-refractivity contribution is 9.10. The van der Waals surface area contributed by atoms with Crippen molar-refractivity contribution in [1.29, 1.82) is 0 Å². The van der Waals surface area contributed by atoms with Gasteiger partial charge in [-0.15, -0.1) is 0 Å². The molecule has 2 rings (SSSR count).